The van der Waals surface area contributed by atoms with Crippen molar-refractivity contribution in [3.05, 3.63) is 47.9 Å². The second-order valence-electron chi connectivity index (χ2n) is 5.10. The highest BCUT2D eigenvalue weighted by atomic mass is 19.1. The monoisotopic (exact) mass is 260 g/mol. The molecule has 3 atom stereocenters. The van der Waals surface area contributed by atoms with Crippen LogP contribution in [-0.4, -0.2) is 29.9 Å². The van der Waals surface area contributed by atoms with E-state index in [1.54, 1.807) is 0 Å². The molecule has 0 bridgehead atoms. The van der Waals surface area contributed by atoms with Crippen LogP contribution >= 0.6 is 0 Å². The van der Waals surface area contributed by atoms with Gasteiger partial charge >= 0.3 is 0 Å². The molecule has 100 valence electrons. The summed E-state index contributed by atoms with van der Waals surface area (Å²) in [5.74, 6) is 0.266. The van der Waals surface area contributed by atoms with Crippen molar-refractivity contribution in [1.29, 1.82) is 0 Å². The molecule has 1 saturated heterocycles. The zero-order chi connectivity index (χ0) is 13.4. The predicted octanol–water partition coefficient (Wildman–Crippen LogP) is 1.87. The van der Waals surface area contributed by atoms with Crippen LogP contribution in [0.2, 0.25) is 0 Å². The van der Waals surface area contributed by atoms with Crippen LogP contribution in [-0.2, 0) is 4.79 Å². The Kier molecular flexibility index (Phi) is 3.01. The third kappa shape index (κ3) is 2.01. The number of hydrogen-bond donors (Lipinski definition) is 1. The highest BCUT2D eigenvalue weighted by molar-refractivity contribution is 5.84. The lowest BCUT2D eigenvalue weighted by Crippen LogP contribution is -2.53. The van der Waals surface area contributed by atoms with E-state index in [4.69, 9.17) is 0 Å². The van der Waals surface area contributed by atoms with E-state index >= 15 is 0 Å². The number of benzene rings is 1. The number of amides is 1. The third-order valence-corrected chi connectivity index (χ3v) is 4.11. The van der Waals surface area contributed by atoms with Gasteiger partial charge in [0.2, 0.25) is 5.91 Å². The lowest BCUT2D eigenvalue weighted by molar-refractivity contribution is -0.128. The third-order valence-electron chi connectivity index (χ3n) is 4.11. The highest BCUT2D eigenvalue weighted by Gasteiger charge is 2.43. The predicted molar refractivity (Wildman–Crippen MR) is 70.9 cm³/mol. The van der Waals surface area contributed by atoms with Crippen molar-refractivity contribution in [1.82, 2.24) is 10.2 Å². The topological polar surface area (TPSA) is 32.3 Å². The molecule has 0 spiro atoms. The van der Waals surface area contributed by atoms with Gasteiger partial charge in [-0.3, -0.25) is 4.79 Å². The van der Waals surface area contributed by atoms with Gasteiger partial charge in [0.1, 0.15) is 11.9 Å². The van der Waals surface area contributed by atoms with Crippen molar-refractivity contribution in [3.63, 3.8) is 0 Å². The van der Waals surface area contributed by atoms with Crippen LogP contribution in [0, 0.1) is 11.7 Å². The molecule has 0 aromatic heterocycles. The maximum absolute atomic E-state index is 13.0. The van der Waals surface area contributed by atoms with E-state index in [0.29, 0.717) is 6.54 Å². The summed E-state index contributed by atoms with van der Waals surface area (Å²) in [6.07, 6.45) is 4.12. The Hall–Kier alpha value is -1.84. The highest BCUT2D eigenvalue weighted by Crippen LogP contribution is 2.36. The maximum Gasteiger partial charge on any atom is 0.243 e. The fourth-order valence-electron chi connectivity index (χ4n) is 3.11. The molecule has 1 N–H and O–H groups in total. The number of hydrogen-bond acceptors (Lipinski definition) is 2. The lowest BCUT2D eigenvalue weighted by Gasteiger charge is -2.37. The molecule has 2 aliphatic heterocycles. The number of likely N-dealkylation sites (N-methyl/N-ethyl adjacent to an activating group) is 1. The Morgan fingerprint density at radius 1 is 1.37 bits per heavy atom. The molecule has 3 rings (SSSR count). The van der Waals surface area contributed by atoms with Gasteiger partial charge < -0.3 is 10.2 Å². The van der Waals surface area contributed by atoms with Crippen molar-refractivity contribution >= 4 is 5.91 Å². The number of nitrogens with one attached hydrogen (secondary N) is 1. The molecule has 4 heteroatoms. The summed E-state index contributed by atoms with van der Waals surface area (Å²) >= 11 is 0. The van der Waals surface area contributed by atoms with Gasteiger partial charge in [-0.15, -0.1) is 0 Å². The average molecular weight is 260 g/mol. The van der Waals surface area contributed by atoms with Crippen LogP contribution in [0.1, 0.15) is 18.4 Å². The van der Waals surface area contributed by atoms with Crippen LogP contribution in [0.5, 0.6) is 0 Å². The standard InChI is InChI=1S/C15H17FN2O/c1-2-18-8-7-12-13(9-17-15(19)14(12)18)10-3-5-11(16)6-4-10/h3-8,12-14H,2,9H2,1H3,(H,17,19). The van der Waals surface area contributed by atoms with Crippen LogP contribution in [0.15, 0.2) is 36.5 Å². The van der Waals surface area contributed by atoms with E-state index in [9.17, 15) is 9.18 Å². The van der Waals surface area contributed by atoms with Gasteiger partial charge in [-0.25, -0.2) is 4.39 Å². The van der Waals surface area contributed by atoms with Gasteiger partial charge in [0.05, 0.1) is 0 Å². The van der Waals surface area contributed by atoms with Gasteiger partial charge in [-0.1, -0.05) is 18.2 Å². The molecule has 0 saturated carbocycles. The molecule has 19 heavy (non-hydrogen) atoms. The van der Waals surface area contributed by atoms with E-state index in [1.165, 1.54) is 12.1 Å². The van der Waals surface area contributed by atoms with E-state index < -0.39 is 0 Å². The van der Waals surface area contributed by atoms with E-state index in [2.05, 4.69) is 16.3 Å². The van der Waals surface area contributed by atoms with Crippen LogP contribution < -0.4 is 5.32 Å². The molecule has 1 aromatic carbocycles. The van der Waals surface area contributed by atoms with Gasteiger partial charge in [0.15, 0.2) is 0 Å². The fraction of sp³-hybridized carbons (Fsp3) is 0.400. The summed E-state index contributed by atoms with van der Waals surface area (Å²) in [5.41, 5.74) is 1.08. The number of piperidine rings is 1. The smallest absolute Gasteiger partial charge is 0.243 e. The fourth-order valence-corrected chi connectivity index (χ4v) is 3.11. The molecule has 1 aromatic rings. The first-order valence-corrected chi connectivity index (χ1v) is 6.68. The first-order chi connectivity index (χ1) is 9.20. The number of nitrogens with zero attached hydrogens (tertiary/aromatic N) is 1. The summed E-state index contributed by atoms with van der Waals surface area (Å²) in [6, 6.07) is 6.48. The van der Waals surface area contributed by atoms with Gasteiger partial charge in [0, 0.05) is 24.9 Å². The molecule has 3 nitrogen and oxygen atoms in total. The number of halogens is 1. The van der Waals surface area contributed by atoms with Crippen molar-refractivity contribution in [2.45, 2.75) is 18.9 Å². The molecular weight excluding hydrogens is 243 g/mol. The summed E-state index contributed by atoms with van der Waals surface area (Å²) in [4.78, 5) is 14.1. The molecule has 1 fully saturated rings. The summed E-state index contributed by atoms with van der Waals surface area (Å²) in [6.45, 7) is 3.48. The van der Waals surface area contributed by atoms with E-state index in [0.717, 1.165) is 12.1 Å². The lowest BCUT2D eigenvalue weighted by atomic mass is 9.79. The zero-order valence-electron chi connectivity index (χ0n) is 10.8. The van der Waals surface area contributed by atoms with E-state index in [1.807, 2.05) is 25.3 Å². The van der Waals surface area contributed by atoms with Crippen molar-refractivity contribution in [3.8, 4) is 0 Å². The second-order valence-corrected chi connectivity index (χ2v) is 5.10. The summed E-state index contributed by atoms with van der Waals surface area (Å²) in [5, 5.41) is 2.97. The largest absolute Gasteiger partial charge is 0.366 e. The molecule has 0 radical (unpaired) electrons. The Balaban J connectivity index is 1.90. The van der Waals surface area contributed by atoms with Gasteiger partial charge in [-0.05, 0) is 30.8 Å². The number of rotatable bonds is 2. The Morgan fingerprint density at radius 3 is 2.79 bits per heavy atom. The summed E-state index contributed by atoms with van der Waals surface area (Å²) < 4.78 is 13.0. The second kappa shape index (κ2) is 4.68. The van der Waals surface area contributed by atoms with Crippen molar-refractivity contribution in [2.24, 2.45) is 5.92 Å². The van der Waals surface area contributed by atoms with Crippen LogP contribution in [0.25, 0.3) is 0 Å². The minimum atomic E-state index is -0.225. The van der Waals surface area contributed by atoms with Crippen molar-refractivity contribution < 1.29 is 9.18 Å². The first kappa shape index (κ1) is 12.2. The van der Waals surface area contributed by atoms with Gasteiger partial charge in [-0.2, -0.15) is 0 Å². The molecule has 1 amide bonds. The maximum atomic E-state index is 13.0. The molecule has 2 heterocycles. The molecule has 0 aliphatic carbocycles. The minimum absolute atomic E-state index is 0.0928. The number of fused-ring (bicyclic) bond motifs is 1. The first-order valence-electron chi connectivity index (χ1n) is 6.68. The molecule has 2 aliphatic rings. The minimum Gasteiger partial charge on any atom is -0.366 e. The number of carbonyl (C=O) groups excluding carboxylic acids is 1. The number of carbonyl (C=O) groups is 1. The Labute approximate surface area is 112 Å². The molecular formula is C15H17FN2O. The van der Waals surface area contributed by atoms with E-state index in [-0.39, 0.29) is 29.6 Å². The SMILES string of the molecule is CCN1C=CC2C(c3ccc(F)cc3)CNC(=O)C21. The average Bonchev–Trinajstić information content (AvgIpc) is 2.85. The quantitative estimate of drug-likeness (QED) is 0.880. The van der Waals surface area contributed by atoms with Crippen molar-refractivity contribution in [2.75, 3.05) is 13.1 Å². The normalized spacial score (nSPS) is 29.3. The zero-order valence-corrected chi connectivity index (χ0v) is 10.8. The molecule has 3 unspecified atom stereocenters. The Bertz CT molecular complexity index is 511. The van der Waals surface area contributed by atoms with Gasteiger partial charge in [0.25, 0.3) is 0 Å². The van der Waals surface area contributed by atoms with Crippen LogP contribution in [0.3, 0.4) is 0 Å². The Morgan fingerprint density at radius 2 is 2.11 bits per heavy atom. The summed E-state index contributed by atoms with van der Waals surface area (Å²) in [7, 11) is 0. The van der Waals surface area contributed by atoms with Crippen LogP contribution in [0.4, 0.5) is 4.39 Å².